The van der Waals surface area contributed by atoms with Crippen LogP contribution >= 0.6 is 11.3 Å². The summed E-state index contributed by atoms with van der Waals surface area (Å²) in [5, 5.41) is 2.26. The molecule has 1 fully saturated rings. The number of thiazole rings is 1. The van der Waals surface area contributed by atoms with E-state index in [4.69, 9.17) is 4.74 Å². The molecule has 1 atom stereocenters. The predicted octanol–water partition coefficient (Wildman–Crippen LogP) is 2.00. The van der Waals surface area contributed by atoms with Crippen molar-refractivity contribution < 1.29 is 27.5 Å². The monoisotopic (exact) mass is 451 g/mol. The van der Waals surface area contributed by atoms with E-state index in [0.29, 0.717) is 29.5 Å². The van der Waals surface area contributed by atoms with Gasteiger partial charge in [-0.25, -0.2) is 13.4 Å². The van der Waals surface area contributed by atoms with E-state index in [0.717, 1.165) is 12.7 Å². The Morgan fingerprint density at radius 3 is 2.60 bits per heavy atom. The molecule has 0 bridgehead atoms. The molecule has 2 aromatic rings. The Balaban J connectivity index is 1.55. The van der Waals surface area contributed by atoms with E-state index in [-0.39, 0.29) is 17.9 Å². The molecule has 1 N–H and O–H groups in total. The first-order chi connectivity index (χ1) is 14.1. The molecule has 1 aliphatic heterocycles. The molecule has 11 heteroatoms. The van der Waals surface area contributed by atoms with Gasteiger partial charge < -0.3 is 4.74 Å². The summed E-state index contributed by atoms with van der Waals surface area (Å²) in [6.45, 7) is 2.10. The van der Waals surface area contributed by atoms with Crippen molar-refractivity contribution in [2.75, 3.05) is 22.4 Å². The number of amides is 1. The second kappa shape index (κ2) is 8.92. The Labute approximate surface area is 178 Å². The van der Waals surface area contributed by atoms with Crippen molar-refractivity contribution >= 4 is 49.8 Å². The molecule has 9 nitrogen and oxygen atoms in total. The maximum atomic E-state index is 12.5. The molecule has 160 valence electrons. The van der Waals surface area contributed by atoms with Gasteiger partial charge >= 0.3 is 5.97 Å². The van der Waals surface area contributed by atoms with Crippen LogP contribution in [-0.2, 0) is 30.8 Å². The van der Waals surface area contributed by atoms with Gasteiger partial charge in [-0.1, -0.05) is 0 Å². The molecule has 0 aliphatic carbocycles. The largest absolute Gasteiger partial charge is 0.454 e. The van der Waals surface area contributed by atoms with Gasteiger partial charge in [-0.2, -0.15) is 0 Å². The van der Waals surface area contributed by atoms with Crippen LogP contribution < -0.4 is 9.62 Å². The molecule has 0 unspecified atom stereocenters. The average molecular weight is 452 g/mol. The van der Waals surface area contributed by atoms with Crippen molar-refractivity contribution in [2.24, 2.45) is 0 Å². The zero-order chi connectivity index (χ0) is 21.9. The van der Waals surface area contributed by atoms with Crippen LogP contribution in [0.4, 0.5) is 10.8 Å². The van der Waals surface area contributed by atoms with E-state index in [1.54, 1.807) is 10.3 Å². The van der Waals surface area contributed by atoms with Crippen LogP contribution in [0, 0.1) is 0 Å². The number of esters is 1. The Morgan fingerprint density at radius 1 is 1.30 bits per heavy atom. The summed E-state index contributed by atoms with van der Waals surface area (Å²) in [6.07, 6.45) is 1.21. The van der Waals surface area contributed by atoms with Crippen LogP contribution in [0.25, 0.3) is 0 Å². The lowest BCUT2D eigenvalue weighted by Crippen LogP contribution is -2.25. The van der Waals surface area contributed by atoms with Gasteiger partial charge in [0, 0.05) is 29.6 Å². The summed E-state index contributed by atoms with van der Waals surface area (Å²) in [5.41, 5.74) is 1.10. The van der Waals surface area contributed by atoms with Crippen LogP contribution in [0.2, 0.25) is 0 Å². The van der Waals surface area contributed by atoms with Gasteiger partial charge in [0.15, 0.2) is 11.2 Å². The minimum Gasteiger partial charge on any atom is -0.454 e. The van der Waals surface area contributed by atoms with E-state index in [1.165, 1.54) is 42.5 Å². The summed E-state index contributed by atoms with van der Waals surface area (Å²) in [6, 6.07) is 5.83. The van der Waals surface area contributed by atoms with Crippen molar-refractivity contribution in [2.45, 2.75) is 32.3 Å². The first kappa shape index (κ1) is 21.9. The SMILES string of the molecule is C[C@@H](OC(=O)Cc1csc(N2CCCC2=O)n1)C(=O)c1ccc(NS(C)(=O)=O)cc1. The van der Waals surface area contributed by atoms with Gasteiger partial charge in [-0.15, -0.1) is 11.3 Å². The number of ether oxygens (including phenoxy) is 1. The second-order valence-corrected chi connectivity index (χ2v) is 9.48. The highest BCUT2D eigenvalue weighted by molar-refractivity contribution is 7.92. The summed E-state index contributed by atoms with van der Waals surface area (Å²) in [7, 11) is -3.41. The fourth-order valence-electron chi connectivity index (χ4n) is 2.94. The maximum absolute atomic E-state index is 12.5. The van der Waals surface area contributed by atoms with Crippen LogP contribution in [-0.4, -0.2) is 50.0 Å². The number of nitrogens with one attached hydrogen (secondary N) is 1. The van der Waals surface area contributed by atoms with E-state index < -0.39 is 27.9 Å². The summed E-state index contributed by atoms with van der Waals surface area (Å²) in [5.74, 6) is -0.984. The highest BCUT2D eigenvalue weighted by Crippen LogP contribution is 2.25. The molecular weight excluding hydrogens is 430 g/mol. The number of anilines is 2. The van der Waals surface area contributed by atoms with Crippen molar-refractivity contribution in [1.82, 2.24) is 4.98 Å². The van der Waals surface area contributed by atoms with Crippen LogP contribution in [0.3, 0.4) is 0 Å². The Hall–Kier alpha value is -2.79. The van der Waals surface area contributed by atoms with Crippen LogP contribution in [0.15, 0.2) is 29.6 Å². The minimum atomic E-state index is -3.41. The van der Waals surface area contributed by atoms with Crippen molar-refractivity contribution in [3.63, 3.8) is 0 Å². The fraction of sp³-hybridized carbons (Fsp3) is 0.368. The molecular formula is C19H21N3O6S2. The van der Waals surface area contributed by atoms with Crippen molar-refractivity contribution in [3.05, 3.63) is 40.9 Å². The highest BCUT2D eigenvalue weighted by atomic mass is 32.2. The lowest BCUT2D eigenvalue weighted by molar-refractivity contribution is -0.145. The molecule has 1 aromatic carbocycles. The van der Waals surface area contributed by atoms with Crippen molar-refractivity contribution in [1.29, 1.82) is 0 Å². The van der Waals surface area contributed by atoms with E-state index in [2.05, 4.69) is 9.71 Å². The zero-order valence-corrected chi connectivity index (χ0v) is 18.1. The maximum Gasteiger partial charge on any atom is 0.312 e. The first-order valence-electron chi connectivity index (χ1n) is 9.19. The average Bonchev–Trinajstić information content (AvgIpc) is 3.28. The Bertz CT molecular complexity index is 1060. The standard InChI is InChI=1S/C19H21N3O6S2/c1-12(18(25)13-5-7-14(8-6-13)21-30(2,26)27)28-17(24)10-15-11-29-19(20-15)22-9-3-4-16(22)23/h5-8,11-12,21H,3-4,9-10H2,1-2H3/t12-/m1/s1. The smallest absolute Gasteiger partial charge is 0.312 e. The number of hydrogen-bond donors (Lipinski definition) is 1. The minimum absolute atomic E-state index is 0.0236. The number of nitrogens with zero attached hydrogens (tertiary/aromatic N) is 2. The van der Waals surface area contributed by atoms with E-state index >= 15 is 0 Å². The molecule has 0 saturated carbocycles. The third-order valence-corrected chi connectivity index (χ3v) is 5.84. The number of sulfonamides is 1. The summed E-state index contributed by atoms with van der Waals surface area (Å²) >= 11 is 1.29. The van der Waals surface area contributed by atoms with Gasteiger partial charge in [0.05, 0.1) is 18.4 Å². The number of aromatic nitrogens is 1. The number of Topliss-reactive ketones (excluding diaryl/α,β-unsaturated/α-hetero) is 1. The predicted molar refractivity (Wildman–Crippen MR) is 112 cm³/mol. The van der Waals surface area contributed by atoms with Gasteiger partial charge in [0.2, 0.25) is 21.7 Å². The normalized spacial score (nSPS) is 15.1. The lowest BCUT2D eigenvalue weighted by Gasteiger charge is -2.13. The molecule has 1 aromatic heterocycles. The second-order valence-electron chi connectivity index (χ2n) is 6.90. The number of benzene rings is 1. The van der Waals surface area contributed by atoms with E-state index in [1.807, 2.05) is 0 Å². The molecule has 30 heavy (non-hydrogen) atoms. The molecule has 0 radical (unpaired) electrons. The van der Waals surface area contributed by atoms with E-state index in [9.17, 15) is 22.8 Å². The molecule has 2 heterocycles. The summed E-state index contributed by atoms with van der Waals surface area (Å²) in [4.78, 5) is 42.4. The third kappa shape index (κ3) is 5.63. The Morgan fingerprint density at radius 2 is 2.00 bits per heavy atom. The van der Waals surface area contributed by atoms with Crippen molar-refractivity contribution in [3.8, 4) is 0 Å². The first-order valence-corrected chi connectivity index (χ1v) is 12.0. The van der Waals surface area contributed by atoms with Gasteiger partial charge in [-0.3, -0.25) is 24.0 Å². The lowest BCUT2D eigenvalue weighted by atomic mass is 10.1. The topological polar surface area (TPSA) is 123 Å². The molecule has 3 rings (SSSR count). The van der Waals surface area contributed by atoms with Gasteiger partial charge in [0.1, 0.15) is 0 Å². The van der Waals surface area contributed by atoms with Crippen LogP contribution in [0.1, 0.15) is 35.8 Å². The molecule has 1 aliphatic rings. The van der Waals surface area contributed by atoms with Gasteiger partial charge in [0.25, 0.3) is 0 Å². The number of carbonyl (C=O) groups is 3. The number of carbonyl (C=O) groups excluding carboxylic acids is 3. The summed E-state index contributed by atoms with van der Waals surface area (Å²) < 4.78 is 30.0. The highest BCUT2D eigenvalue weighted by Gasteiger charge is 2.25. The zero-order valence-electron chi connectivity index (χ0n) is 16.5. The third-order valence-electron chi connectivity index (χ3n) is 4.32. The van der Waals surface area contributed by atoms with Gasteiger partial charge in [-0.05, 0) is 37.6 Å². The Kier molecular flexibility index (Phi) is 6.52. The number of rotatable bonds is 8. The quantitative estimate of drug-likeness (QED) is 0.481. The number of ketones is 1. The fourth-order valence-corrected chi connectivity index (χ4v) is 4.38. The van der Waals surface area contributed by atoms with Crippen LogP contribution in [0.5, 0.6) is 0 Å². The molecule has 1 amide bonds. The molecule has 0 spiro atoms. The number of hydrogen-bond acceptors (Lipinski definition) is 8. The molecule has 1 saturated heterocycles.